The fourth-order valence-electron chi connectivity index (χ4n) is 1.60. The van der Waals surface area contributed by atoms with Crippen molar-refractivity contribution < 1.29 is 22.8 Å². The van der Waals surface area contributed by atoms with Gasteiger partial charge in [-0.15, -0.1) is 12.4 Å². The SMILES string of the molecule is CC(C)(C)[C@H](N)C(=O)Nc1ccc(C(=O)NCC(F)(F)F)cc1.Cl. The molecule has 0 bridgehead atoms. The zero-order chi connectivity index (χ0) is 17.8. The summed E-state index contributed by atoms with van der Waals surface area (Å²) in [6, 6.07) is 4.77. The van der Waals surface area contributed by atoms with Gasteiger partial charge in [0.25, 0.3) is 5.91 Å². The lowest BCUT2D eigenvalue weighted by Crippen LogP contribution is -2.45. The largest absolute Gasteiger partial charge is 0.405 e. The van der Waals surface area contributed by atoms with E-state index in [9.17, 15) is 22.8 Å². The second-order valence-corrected chi connectivity index (χ2v) is 6.21. The maximum absolute atomic E-state index is 12.0. The fraction of sp³-hybridized carbons (Fsp3) is 0.467. The van der Waals surface area contributed by atoms with E-state index in [-0.39, 0.29) is 23.9 Å². The van der Waals surface area contributed by atoms with Crippen LogP contribution in [-0.2, 0) is 4.79 Å². The van der Waals surface area contributed by atoms with Crippen LogP contribution in [-0.4, -0.2) is 30.6 Å². The van der Waals surface area contributed by atoms with Gasteiger partial charge < -0.3 is 16.4 Å². The molecular formula is C15H21ClF3N3O2. The Kier molecular flexibility index (Phi) is 7.72. The molecule has 1 atom stereocenters. The summed E-state index contributed by atoms with van der Waals surface area (Å²) in [5.41, 5.74) is 5.87. The predicted molar refractivity (Wildman–Crippen MR) is 88.1 cm³/mol. The number of halogens is 4. The number of nitrogens with one attached hydrogen (secondary N) is 2. The van der Waals surface area contributed by atoms with Gasteiger partial charge in [0.1, 0.15) is 6.54 Å². The van der Waals surface area contributed by atoms with Crippen LogP contribution in [0, 0.1) is 5.41 Å². The van der Waals surface area contributed by atoms with E-state index in [1.54, 1.807) is 5.32 Å². The third-order valence-corrected chi connectivity index (χ3v) is 3.08. The molecule has 0 saturated heterocycles. The molecule has 9 heteroatoms. The van der Waals surface area contributed by atoms with Crippen molar-refractivity contribution in [2.45, 2.75) is 33.0 Å². The minimum atomic E-state index is -4.47. The zero-order valence-corrected chi connectivity index (χ0v) is 14.3. The van der Waals surface area contributed by atoms with Crippen LogP contribution < -0.4 is 16.4 Å². The maximum Gasteiger partial charge on any atom is 0.405 e. The molecule has 136 valence electrons. The van der Waals surface area contributed by atoms with Gasteiger partial charge in [0.2, 0.25) is 5.91 Å². The standard InChI is InChI=1S/C15H20F3N3O2.ClH/c1-14(2,3)11(19)13(23)21-10-6-4-9(5-7-10)12(22)20-8-15(16,17)18;/h4-7,11H,8,19H2,1-3H3,(H,20,22)(H,21,23);1H/t11-;/m1./s1. The molecule has 4 N–H and O–H groups in total. The van der Waals surface area contributed by atoms with Crippen LogP contribution in [0.15, 0.2) is 24.3 Å². The average molecular weight is 368 g/mol. The number of hydrogen-bond donors (Lipinski definition) is 3. The summed E-state index contributed by atoms with van der Waals surface area (Å²) >= 11 is 0. The van der Waals surface area contributed by atoms with Gasteiger partial charge in [-0.1, -0.05) is 20.8 Å². The van der Waals surface area contributed by atoms with E-state index >= 15 is 0 Å². The molecule has 0 aliphatic heterocycles. The van der Waals surface area contributed by atoms with Gasteiger partial charge in [0, 0.05) is 11.3 Å². The molecule has 5 nitrogen and oxygen atoms in total. The molecular weight excluding hydrogens is 347 g/mol. The van der Waals surface area contributed by atoms with Crippen molar-refractivity contribution in [1.29, 1.82) is 0 Å². The molecule has 0 unspecified atom stereocenters. The highest BCUT2D eigenvalue weighted by Crippen LogP contribution is 2.19. The Morgan fingerprint density at radius 3 is 2.04 bits per heavy atom. The molecule has 0 aliphatic carbocycles. The quantitative estimate of drug-likeness (QED) is 0.765. The molecule has 0 radical (unpaired) electrons. The second kappa shape index (κ2) is 8.34. The summed E-state index contributed by atoms with van der Waals surface area (Å²) in [4.78, 5) is 23.5. The van der Waals surface area contributed by atoms with Crippen molar-refractivity contribution in [3.05, 3.63) is 29.8 Å². The van der Waals surface area contributed by atoms with E-state index in [0.717, 1.165) is 0 Å². The fourth-order valence-corrected chi connectivity index (χ4v) is 1.60. The van der Waals surface area contributed by atoms with Gasteiger partial charge in [0.15, 0.2) is 0 Å². The molecule has 1 aromatic rings. The van der Waals surface area contributed by atoms with Crippen LogP contribution in [0.4, 0.5) is 18.9 Å². The Morgan fingerprint density at radius 2 is 1.62 bits per heavy atom. The molecule has 0 fully saturated rings. The summed E-state index contributed by atoms with van der Waals surface area (Å²) < 4.78 is 36.1. The Morgan fingerprint density at radius 1 is 1.12 bits per heavy atom. The van der Waals surface area contributed by atoms with E-state index in [1.165, 1.54) is 24.3 Å². The van der Waals surface area contributed by atoms with Crippen LogP contribution in [0.25, 0.3) is 0 Å². The van der Waals surface area contributed by atoms with E-state index in [4.69, 9.17) is 5.73 Å². The zero-order valence-electron chi connectivity index (χ0n) is 13.5. The number of benzene rings is 1. The molecule has 0 heterocycles. The van der Waals surface area contributed by atoms with E-state index in [1.807, 2.05) is 20.8 Å². The van der Waals surface area contributed by atoms with Crippen LogP contribution in [0.2, 0.25) is 0 Å². The number of rotatable bonds is 4. The van der Waals surface area contributed by atoms with Crippen LogP contribution in [0.1, 0.15) is 31.1 Å². The van der Waals surface area contributed by atoms with E-state index < -0.39 is 30.1 Å². The van der Waals surface area contributed by atoms with Crippen molar-refractivity contribution in [3.63, 3.8) is 0 Å². The first-order chi connectivity index (χ1) is 10.4. The highest BCUT2D eigenvalue weighted by atomic mass is 35.5. The van der Waals surface area contributed by atoms with Crippen LogP contribution in [0.3, 0.4) is 0 Å². The van der Waals surface area contributed by atoms with Gasteiger partial charge in [-0.3, -0.25) is 9.59 Å². The topological polar surface area (TPSA) is 84.2 Å². The number of anilines is 1. The Bertz CT molecular complexity index is 569. The van der Waals surface area contributed by atoms with Crippen molar-refractivity contribution in [1.82, 2.24) is 5.32 Å². The molecule has 0 spiro atoms. The monoisotopic (exact) mass is 367 g/mol. The normalized spacial score (nSPS) is 12.8. The number of alkyl halides is 3. The molecule has 2 amide bonds. The lowest BCUT2D eigenvalue weighted by Gasteiger charge is -2.25. The lowest BCUT2D eigenvalue weighted by atomic mass is 9.87. The highest BCUT2D eigenvalue weighted by Gasteiger charge is 2.28. The Balaban J connectivity index is 0.00000529. The van der Waals surface area contributed by atoms with E-state index in [0.29, 0.717) is 5.69 Å². The van der Waals surface area contributed by atoms with E-state index in [2.05, 4.69) is 5.32 Å². The smallest absolute Gasteiger partial charge is 0.343 e. The minimum absolute atomic E-state index is 0. The van der Waals surface area contributed by atoms with Gasteiger partial charge in [-0.2, -0.15) is 13.2 Å². The van der Waals surface area contributed by atoms with Crippen molar-refractivity contribution in [2.24, 2.45) is 11.1 Å². The van der Waals surface area contributed by atoms with Gasteiger partial charge in [-0.25, -0.2) is 0 Å². The Labute approximate surface area is 144 Å². The summed E-state index contributed by atoms with van der Waals surface area (Å²) in [7, 11) is 0. The second-order valence-electron chi connectivity index (χ2n) is 6.21. The summed E-state index contributed by atoms with van der Waals surface area (Å²) in [5.74, 6) is -1.22. The van der Waals surface area contributed by atoms with Gasteiger partial charge >= 0.3 is 6.18 Å². The summed E-state index contributed by atoms with van der Waals surface area (Å²) in [6.45, 7) is 4.08. The first-order valence-electron chi connectivity index (χ1n) is 6.91. The summed E-state index contributed by atoms with van der Waals surface area (Å²) in [6.07, 6.45) is -4.47. The summed E-state index contributed by atoms with van der Waals surface area (Å²) in [5, 5.41) is 4.36. The van der Waals surface area contributed by atoms with Crippen molar-refractivity contribution in [2.75, 3.05) is 11.9 Å². The third-order valence-electron chi connectivity index (χ3n) is 3.08. The first-order valence-corrected chi connectivity index (χ1v) is 6.91. The number of amides is 2. The highest BCUT2D eigenvalue weighted by molar-refractivity contribution is 5.97. The molecule has 0 aliphatic rings. The van der Waals surface area contributed by atoms with Crippen LogP contribution >= 0.6 is 12.4 Å². The Hall–Kier alpha value is -1.80. The molecule has 24 heavy (non-hydrogen) atoms. The van der Waals surface area contributed by atoms with Crippen molar-refractivity contribution >= 4 is 29.9 Å². The molecule has 0 saturated carbocycles. The third kappa shape index (κ3) is 7.18. The number of carbonyl (C=O) groups is 2. The van der Waals surface area contributed by atoms with Gasteiger partial charge in [0.05, 0.1) is 6.04 Å². The predicted octanol–water partition coefficient (Wildman–Crippen LogP) is 2.71. The molecule has 1 rings (SSSR count). The molecule has 1 aromatic carbocycles. The minimum Gasteiger partial charge on any atom is -0.343 e. The maximum atomic E-state index is 12.0. The van der Waals surface area contributed by atoms with Crippen LogP contribution in [0.5, 0.6) is 0 Å². The number of carbonyl (C=O) groups excluding carboxylic acids is 2. The number of nitrogens with two attached hydrogens (primary N) is 1. The van der Waals surface area contributed by atoms with Gasteiger partial charge in [-0.05, 0) is 29.7 Å². The molecule has 0 aromatic heterocycles. The first kappa shape index (κ1) is 22.2. The average Bonchev–Trinajstić information content (AvgIpc) is 2.43. The number of hydrogen-bond acceptors (Lipinski definition) is 3. The van der Waals surface area contributed by atoms with Crippen molar-refractivity contribution in [3.8, 4) is 0 Å². The lowest BCUT2D eigenvalue weighted by molar-refractivity contribution is -0.123.